The van der Waals surface area contributed by atoms with Crippen LogP contribution in [-0.4, -0.2) is 66.3 Å². The summed E-state index contributed by atoms with van der Waals surface area (Å²) in [4.78, 5) is 4.93. The molecule has 2 aliphatic rings. The molecule has 4 nitrogen and oxygen atoms in total. The minimum Gasteiger partial charge on any atom is -0.395 e. The molecule has 1 aliphatic heterocycles. The Hall–Kier alpha value is -0.160. The molecular weight excluding hydrogens is 214 g/mol. The van der Waals surface area contributed by atoms with Crippen molar-refractivity contribution in [2.45, 2.75) is 44.2 Å². The van der Waals surface area contributed by atoms with E-state index in [4.69, 9.17) is 10.8 Å². The van der Waals surface area contributed by atoms with E-state index in [0.717, 1.165) is 32.7 Å². The largest absolute Gasteiger partial charge is 0.395 e. The lowest BCUT2D eigenvalue weighted by atomic mass is 10.0. The fourth-order valence-corrected chi connectivity index (χ4v) is 3.23. The van der Waals surface area contributed by atoms with Crippen LogP contribution in [-0.2, 0) is 0 Å². The van der Waals surface area contributed by atoms with Gasteiger partial charge in [-0.1, -0.05) is 19.3 Å². The normalized spacial score (nSPS) is 33.5. The fraction of sp³-hybridized carbons (Fsp3) is 1.00. The Bertz CT molecular complexity index is 217. The zero-order valence-corrected chi connectivity index (χ0v) is 10.9. The summed E-state index contributed by atoms with van der Waals surface area (Å²) < 4.78 is 0. The van der Waals surface area contributed by atoms with E-state index in [-0.39, 0.29) is 6.61 Å². The molecule has 1 saturated carbocycles. The average Bonchev–Trinajstić information content (AvgIpc) is 2.56. The Morgan fingerprint density at radius 3 is 2.41 bits per heavy atom. The number of hydrogen-bond donors (Lipinski definition) is 2. The Kier molecular flexibility index (Phi) is 5.22. The average molecular weight is 241 g/mol. The Morgan fingerprint density at radius 1 is 1.00 bits per heavy atom. The summed E-state index contributed by atoms with van der Waals surface area (Å²) in [5.74, 6) is 0. The second-order valence-corrected chi connectivity index (χ2v) is 5.47. The minimum absolute atomic E-state index is 0.281. The molecule has 0 bridgehead atoms. The number of nitrogens with zero attached hydrogens (tertiary/aromatic N) is 2. The Labute approximate surface area is 105 Å². The molecule has 0 aromatic heterocycles. The highest BCUT2D eigenvalue weighted by Gasteiger charge is 2.28. The minimum atomic E-state index is 0.281. The molecule has 2 atom stereocenters. The monoisotopic (exact) mass is 241 g/mol. The van der Waals surface area contributed by atoms with Crippen LogP contribution in [0.1, 0.15) is 32.1 Å². The van der Waals surface area contributed by atoms with Crippen LogP contribution in [0.3, 0.4) is 0 Å². The highest BCUT2D eigenvalue weighted by Crippen LogP contribution is 2.22. The number of aliphatic hydroxyl groups excluding tert-OH is 1. The van der Waals surface area contributed by atoms with Gasteiger partial charge in [-0.15, -0.1) is 0 Å². The van der Waals surface area contributed by atoms with Crippen LogP contribution < -0.4 is 5.73 Å². The molecule has 100 valence electrons. The lowest BCUT2D eigenvalue weighted by Crippen LogP contribution is -2.55. The van der Waals surface area contributed by atoms with E-state index in [2.05, 4.69) is 9.80 Å². The molecule has 0 radical (unpaired) electrons. The number of rotatable bonds is 3. The molecule has 1 aliphatic carbocycles. The van der Waals surface area contributed by atoms with Gasteiger partial charge in [0.2, 0.25) is 0 Å². The molecule has 17 heavy (non-hydrogen) atoms. The van der Waals surface area contributed by atoms with Crippen LogP contribution in [0.5, 0.6) is 0 Å². The second-order valence-electron chi connectivity index (χ2n) is 5.47. The quantitative estimate of drug-likeness (QED) is 0.696. The molecule has 0 aromatic carbocycles. The van der Waals surface area contributed by atoms with Gasteiger partial charge in [-0.2, -0.15) is 0 Å². The van der Waals surface area contributed by atoms with Gasteiger partial charge in [0.05, 0.1) is 6.61 Å². The lowest BCUT2D eigenvalue weighted by Gasteiger charge is -2.41. The maximum Gasteiger partial charge on any atom is 0.0558 e. The topological polar surface area (TPSA) is 52.7 Å². The van der Waals surface area contributed by atoms with Crippen LogP contribution in [0, 0.1) is 0 Å². The van der Waals surface area contributed by atoms with Crippen LogP contribution >= 0.6 is 0 Å². The third kappa shape index (κ3) is 3.65. The van der Waals surface area contributed by atoms with Crippen molar-refractivity contribution < 1.29 is 5.11 Å². The van der Waals surface area contributed by atoms with Gasteiger partial charge in [-0.25, -0.2) is 0 Å². The van der Waals surface area contributed by atoms with E-state index in [1.807, 2.05) is 0 Å². The van der Waals surface area contributed by atoms with Crippen molar-refractivity contribution in [2.75, 3.05) is 39.3 Å². The highest BCUT2D eigenvalue weighted by molar-refractivity contribution is 4.87. The van der Waals surface area contributed by atoms with Gasteiger partial charge < -0.3 is 10.8 Å². The van der Waals surface area contributed by atoms with Crippen LogP contribution in [0.2, 0.25) is 0 Å². The standard InChI is InChI=1S/C13H27N3O/c14-12-4-2-1-3-5-13(12)16-8-6-15(7-9-16)10-11-17/h12-13,17H,1-11,14H2. The summed E-state index contributed by atoms with van der Waals surface area (Å²) in [5, 5.41) is 8.94. The van der Waals surface area contributed by atoms with Crippen molar-refractivity contribution in [1.82, 2.24) is 9.80 Å². The first-order valence-electron chi connectivity index (χ1n) is 7.14. The van der Waals surface area contributed by atoms with Gasteiger partial charge in [0.15, 0.2) is 0 Å². The number of nitrogens with two attached hydrogens (primary N) is 1. The van der Waals surface area contributed by atoms with Crippen LogP contribution in [0.25, 0.3) is 0 Å². The smallest absolute Gasteiger partial charge is 0.0558 e. The maximum absolute atomic E-state index is 8.94. The third-order valence-electron chi connectivity index (χ3n) is 4.32. The van der Waals surface area contributed by atoms with E-state index in [1.165, 1.54) is 32.1 Å². The first-order valence-corrected chi connectivity index (χ1v) is 7.14. The first kappa shape index (κ1) is 13.3. The Morgan fingerprint density at radius 2 is 1.71 bits per heavy atom. The van der Waals surface area contributed by atoms with Crippen LogP contribution in [0.15, 0.2) is 0 Å². The summed E-state index contributed by atoms with van der Waals surface area (Å²) in [6.45, 7) is 5.53. The predicted octanol–water partition coefficient (Wildman–Crippen LogP) is 0.256. The van der Waals surface area contributed by atoms with E-state index < -0.39 is 0 Å². The van der Waals surface area contributed by atoms with E-state index >= 15 is 0 Å². The van der Waals surface area contributed by atoms with E-state index in [1.54, 1.807) is 0 Å². The third-order valence-corrected chi connectivity index (χ3v) is 4.32. The van der Waals surface area contributed by atoms with Gasteiger partial charge in [0.25, 0.3) is 0 Å². The van der Waals surface area contributed by atoms with Gasteiger partial charge in [0.1, 0.15) is 0 Å². The molecular formula is C13H27N3O. The zero-order valence-electron chi connectivity index (χ0n) is 10.9. The molecule has 2 unspecified atom stereocenters. The van der Waals surface area contributed by atoms with Crippen molar-refractivity contribution >= 4 is 0 Å². The number of hydrogen-bond acceptors (Lipinski definition) is 4. The van der Waals surface area contributed by atoms with Crippen molar-refractivity contribution in [3.05, 3.63) is 0 Å². The summed E-state index contributed by atoms with van der Waals surface area (Å²) in [6, 6.07) is 0.982. The van der Waals surface area contributed by atoms with Crippen molar-refractivity contribution in [2.24, 2.45) is 5.73 Å². The molecule has 4 heteroatoms. The lowest BCUT2D eigenvalue weighted by molar-refractivity contribution is 0.0716. The summed E-state index contributed by atoms with van der Waals surface area (Å²) >= 11 is 0. The van der Waals surface area contributed by atoms with Gasteiger partial charge in [0, 0.05) is 44.8 Å². The second kappa shape index (κ2) is 6.69. The van der Waals surface area contributed by atoms with Crippen molar-refractivity contribution in [1.29, 1.82) is 0 Å². The molecule has 1 heterocycles. The molecule has 0 spiro atoms. The molecule has 1 saturated heterocycles. The fourth-order valence-electron chi connectivity index (χ4n) is 3.23. The molecule has 2 fully saturated rings. The molecule has 0 amide bonds. The van der Waals surface area contributed by atoms with Crippen molar-refractivity contribution in [3.8, 4) is 0 Å². The number of β-amino-alcohol motifs (C(OH)–C–C–N with tert-alkyl or cyclic N) is 1. The highest BCUT2D eigenvalue weighted by atomic mass is 16.3. The first-order chi connectivity index (χ1) is 8.31. The van der Waals surface area contributed by atoms with E-state index in [9.17, 15) is 0 Å². The summed E-state index contributed by atoms with van der Waals surface area (Å²) in [6.07, 6.45) is 6.48. The van der Waals surface area contributed by atoms with Crippen LogP contribution in [0.4, 0.5) is 0 Å². The van der Waals surface area contributed by atoms with Gasteiger partial charge >= 0.3 is 0 Å². The summed E-state index contributed by atoms with van der Waals surface area (Å²) in [5.41, 5.74) is 6.31. The molecule has 0 aromatic rings. The molecule has 2 rings (SSSR count). The predicted molar refractivity (Wildman–Crippen MR) is 69.9 cm³/mol. The van der Waals surface area contributed by atoms with E-state index in [0.29, 0.717) is 12.1 Å². The SMILES string of the molecule is NC1CCCCCC1N1CCN(CCO)CC1. The van der Waals surface area contributed by atoms with Gasteiger partial charge in [-0.05, 0) is 12.8 Å². The zero-order chi connectivity index (χ0) is 12.1. The number of piperazine rings is 1. The Balaban J connectivity index is 1.82. The van der Waals surface area contributed by atoms with Crippen molar-refractivity contribution in [3.63, 3.8) is 0 Å². The summed E-state index contributed by atoms with van der Waals surface area (Å²) in [7, 11) is 0. The van der Waals surface area contributed by atoms with Gasteiger partial charge in [-0.3, -0.25) is 9.80 Å². The molecule has 3 N–H and O–H groups in total. The number of aliphatic hydroxyl groups is 1. The maximum atomic E-state index is 8.94.